The highest BCUT2D eigenvalue weighted by Crippen LogP contribution is 2.07. The third-order valence-corrected chi connectivity index (χ3v) is 3.03. The van der Waals surface area contributed by atoms with E-state index in [-0.39, 0.29) is 6.09 Å². The second-order valence-corrected chi connectivity index (χ2v) is 4.42. The number of piperazine rings is 1. The van der Waals surface area contributed by atoms with E-state index in [9.17, 15) is 4.79 Å². The third-order valence-electron chi connectivity index (χ3n) is 2.69. The summed E-state index contributed by atoms with van der Waals surface area (Å²) in [6.45, 7) is 2.93. The third kappa shape index (κ3) is 3.61. The molecule has 0 N–H and O–H groups in total. The van der Waals surface area contributed by atoms with Crippen LogP contribution in [0.15, 0.2) is 30.3 Å². The molecule has 0 aromatic heterocycles. The molecule has 1 aliphatic heterocycles. The van der Waals surface area contributed by atoms with Gasteiger partial charge in [0, 0.05) is 26.2 Å². The van der Waals surface area contributed by atoms with Gasteiger partial charge in [0.05, 0.1) is 0 Å². The first kappa shape index (κ1) is 12.2. The van der Waals surface area contributed by atoms with E-state index in [0.717, 1.165) is 5.56 Å². The van der Waals surface area contributed by atoms with Crippen LogP contribution in [0.1, 0.15) is 5.56 Å². The monoisotopic (exact) mass is 254 g/mol. The SMILES string of the molecule is O=C(OCc1ccccc1)N1CCN(Cl)CC1. The molecule has 0 aliphatic carbocycles. The van der Waals surface area contributed by atoms with Crippen molar-refractivity contribution in [2.24, 2.45) is 0 Å². The minimum atomic E-state index is -0.265. The van der Waals surface area contributed by atoms with Gasteiger partial charge < -0.3 is 9.64 Å². The Morgan fingerprint density at radius 2 is 1.82 bits per heavy atom. The van der Waals surface area contributed by atoms with Gasteiger partial charge in [-0.1, -0.05) is 30.3 Å². The maximum Gasteiger partial charge on any atom is 0.410 e. The van der Waals surface area contributed by atoms with Crippen molar-refractivity contribution in [2.45, 2.75) is 6.61 Å². The molecule has 17 heavy (non-hydrogen) atoms. The van der Waals surface area contributed by atoms with E-state index in [2.05, 4.69) is 0 Å². The fourth-order valence-corrected chi connectivity index (χ4v) is 1.83. The van der Waals surface area contributed by atoms with Gasteiger partial charge in [-0.3, -0.25) is 0 Å². The van der Waals surface area contributed by atoms with Crippen molar-refractivity contribution < 1.29 is 9.53 Å². The summed E-state index contributed by atoms with van der Waals surface area (Å²) in [5.74, 6) is 0. The molecule has 1 fully saturated rings. The Kier molecular flexibility index (Phi) is 4.23. The van der Waals surface area contributed by atoms with E-state index in [4.69, 9.17) is 16.5 Å². The first-order valence-corrected chi connectivity index (χ1v) is 5.96. The van der Waals surface area contributed by atoms with Crippen LogP contribution >= 0.6 is 11.8 Å². The lowest BCUT2D eigenvalue weighted by Crippen LogP contribution is -2.45. The number of ether oxygens (including phenoxy) is 1. The Balaban J connectivity index is 1.78. The lowest BCUT2D eigenvalue weighted by Gasteiger charge is -2.29. The van der Waals surface area contributed by atoms with Gasteiger partial charge in [0.25, 0.3) is 0 Å². The average Bonchev–Trinajstić information content (AvgIpc) is 2.38. The Labute approximate surface area is 106 Å². The first-order valence-electron chi connectivity index (χ1n) is 5.62. The van der Waals surface area contributed by atoms with E-state index < -0.39 is 0 Å². The Morgan fingerprint density at radius 3 is 2.47 bits per heavy atom. The zero-order valence-corrected chi connectivity index (χ0v) is 10.3. The first-order chi connectivity index (χ1) is 8.25. The number of hydrogen-bond acceptors (Lipinski definition) is 3. The molecule has 4 nitrogen and oxygen atoms in total. The maximum atomic E-state index is 11.7. The lowest BCUT2D eigenvalue weighted by atomic mass is 10.2. The van der Waals surface area contributed by atoms with Gasteiger partial charge in [-0.2, -0.15) is 0 Å². The lowest BCUT2D eigenvalue weighted by molar-refractivity contribution is 0.0842. The second-order valence-electron chi connectivity index (χ2n) is 3.94. The average molecular weight is 255 g/mol. The zero-order valence-electron chi connectivity index (χ0n) is 9.51. The van der Waals surface area contributed by atoms with Crippen LogP contribution in [0.5, 0.6) is 0 Å². The van der Waals surface area contributed by atoms with Gasteiger partial charge in [0.2, 0.25) is 0 Å². The summed E-state index contributed by atoms with van der Waals surface area (Å²) in [4.78, 5) is 13.4. The molecule has 0 saturated carbocycles. The highest BCUT2D eigenvalue weighted by atomic mass is 35.5. The molecular formula is C12H15ClN2O2. The number of carbonyl (C=O) groups excluding carboxylic acids is 1. The van der Waals surface area contributed by atoms with Crippen LogP contribution in [0.2, 0.25) is 0 Å². The molecule has 0 radical (unpaired) electrons. The topological polar surface area (TPSA) is 32.8 Å². The quantitative estimate of drug-likeness (QED) is 0.758. The number of rotatable bonds is 2. The number of amides is 1. The fraction of sp³-hybridized carbons (Fsp3) is 0.417. The fourth-order valence-electron chi connectivity index (χ4n) is 1.68. The Hall–Kier alpha value is -1.26. The highest BCUT2D eigenvalue weighted by molar-refractivity contribution is 6.13. The number of halogens is 1. The maximum absolute atomic E-state index is 11.7. The van der Waals surface area contributed by atoms with Gasteiger partial charge in [0.15, 0.2) is 0 Å². The second kappa shape index (κ2) is 5.89. The van der Waals surface area contributed by atoms with Crippen LogP contribution in [-0.2, 0) is 11.3 Å². The van der Waals surface area contributed by atoms with E-state index in [1.807, 2.05) is 30.3 Å². The molecule has 0 unspecified atom stereocenters. The van der Waals surface area contributed by atoms with Gasteiger partial charge in [0.1, 0.15) is 6.61 Å². The summed E-state index contributed by atoms with van der Waals surface area (Å²) >= 11 is 5.81. The van der Waals surface area contributed by atoms with Crippen molar-refractivity contribution in [3.8, 4) is 0 Å². The number of nitrogens with zero attached hydrogens (tertiary/aromatic N) is 2. The number of benzene rings is 1. The summed E-state index contributed by atoms with van der Waals surface area (Å²) in [7, 11) is 0. The molecule has 1 heterocycles. The van der Waals surface area contributed by atoms with Gasteiger partial charge in [-0.25, -0.2) is 9.21 Å². The molecule has 1 amide bonds. The molecule has 1 aromatic carbocycles. The van der Waals surface area contributed by atoms with Crippen molar-refractivity contribution in [3.63, 3.8) is 0 Å². The minimum Gasteiger partial charge on any atom is -0.445 e. The van der Waals surface area contributed by atoms with Crippen molar-refractivity contribution in [1.82, 2.24) is 9.32 Å². The molecular weight excluding hydrogens is 240 g/mol. The smallest absolute Gasteiger partial charge is 0.410 e. The van der Waals surface area contributed by atoms with Crippen LogP contribution in [0.4, 0.5) is 4.79 Å². The van der Waals surface area contributed by atoms with Crippen LogP contribution in [0, 0.1) is 0 Å². The zero-order chi connectivity index (χ0) is 12.1. The Morgan fingerprint density at radius 1 is 1.18 bits per heavy atom. The van der Waals surface area contributed by atoms with Crippen molar-refractivity contribution >= 4 is 17.9 Å². The molecule has 0 bridgehead atoms. The van der Waals surface area contributed by atoms with Crippen molar-refractivity contribution in [1.29, 1.82) is 0 Å². The largest absolute Gasteiger partial charge is 0.445 e. The van der Waals surface area contributed by atoms with Crippen LogP contribution in [-0.4, -0.2) is 41.6 Å². The molecule has 5 heteroatoms. The van der Waals surface area contributed by atoms with Crippen LogP contribution in [0.25, 0.3) is 0 Å². The van der Waals surface area contributed by atoms with Crippen molar-refractivity contribution in [3.05, 3.63) is 35.9 Å². The summed E-state index contributed by atoms with van der Waals surface area (Å²) < 4.78 is 6.91. The summed E-state index contributed by atoms with van der Waals surface area (Å²) in [5.41, 5.74) is 0.997. The summed E-state index contributed by atoms with van der Waals surface area (Å²) in [5, 5.41) is 0. The molecule has 2 rings (SSSR count). The predicted octanol–water partition coefficient (Wildman–Crippen LogP) is 2.09. The molecule has 1 saturated heterocycles. The van der Waals surface area contributed by atoms with E-state index in [0.29, 0.717) is 32.8 Å². The number of carbonyl (C=O) groups is 1. The molecule has 0 spiro atoms. The van der Waals surface area contributed by atoms with Crippen molar-refractivity contribution in [2.75, 3.05) is 26.2 Å². The molecule has 92 valence electrons. The van der Waals surface area contributed by atoms with E-state index >= 15 is 0 Å². The van der Waals surface area contributed by atoms with Gasteiger partial charge >= 0.3 is 6.09 Å². The summed E-state index contributed by atoms with van der Waals surface area (Å²) in [6, 6.07) is 9.66. The van der Waals surface area contributed by atoms with Crippen LogP contribution < -0.4 is 0 Å². The number of hydrogen-bond donors (Lipinski definition) is 0. The summed E-state index contributed by atoms with van der Waals surface area (Å²) in [6.07, 6.45) is -0.265. The van der Waals surface area contributed by atoms with E-state index in [1.54, 1.807) is 9.32 Å². The van der Waals surface area contributed by atoms with Gasteiger partial charge in [-0.05, 0) is 17.3 Å². The molecule has 0 atom stereocenters. The Bertz CT molecular complexity index is 364. The van der Waals surface area contributed by atoms with Gasteiger partial charge in [-0.15, -0.1) is 0 Å². The minimum absolute atomic E-state index is 0.265. The predicted molar refractivity (Wildman–Crippen MR) is 65.6 cm³/mol. The molecule has 1 aromatic rings. The molecule has 1 aliphatic rings. The highest BCUT2D eigenvalue weighted by Gasteiger charge is 2.20. The van der Waals surface area contributed by atoms with E-state index in [1.165, 1.54) is 0 Å². The van der Waals surface area contributed by atoms with Crippen LogP contribution in [0.3, 0.4) is 0 Å². The standard InChI is InChI=1S/C12H15ClN2O2/c13-15-8-6-14(7-9-15)12(16)17-10-11-4-2-1-3-5-11/h1-5H,6-10H2. The normalized spacial score (nSPS) is 16.9.